The molecule has 0 aromatic heterocycles. The van der Waals surface area contributed by atoms with E-state index in [1.165, 1.54) is 5.57 Å². The first-order valence-corrected chi connectivity index (χ1v) is 3.83. The first-order valence-electron chi connectivity index (χ1n) is 3.83. The van der Waals surface area contributed by atoms with Crippen LogP contribution in [0.3, 0.4) is 0 Å². The lowest BCUT2D eigenvalue weighted by molar-refractivity contribution is 0.733. The van der Waals surface area contributed by atoms with Gasteiger partial charge in [0.05, 0.1) is 12.5 Å². The van der Waals surface area contributed by atoms with Crippen molar-refractivity contribution >= 4 is 5.71 Å². The molecule has 0 bridgehead atoms. The van der Waals surface area contributed by atoms with E-state index in [1.54, 1.807) is 0 Å². The summed E-state index contributed by atoms with van der Waals surface area (Å²) < 4.78 is 0. The van der Waals surface area contributed by atoms with Gasteiger partial charge in [0.1, 0.15) is 0 Å². The number of nitrogens with zero attached hydrogens (tertiary/aromatic N) is 2. The van der Waals surface area contributed by atoms with Crippen molar-refractivity contribution in [1.82, 2.24) is 0 Å². The molecule has 11 heavy (non-hydrogen) atoms. The van der Waals surface area contributed by atoms with E-state index >= 15 is 0 Å². The van der Waals surface area contributed by atoms with Crippen LogP contribution in [0.2, 0.25) is 0 Å². The van der Waals surface area contributed by atoms with Gasteiger partial charge in [0, 0.05) is 11.9 Å². The summed E-state index contributed by atoms with van der Waals surface area (Å²) in [6, 6.07) is 2.12. The lowest BCUT2D eigenvalue weighted by Crippen LogP contribution is -2.13. The summed E-state index contributed by atoms with van der Waals surface area (Å²) in [7, 11) is 0. The molecule has 1 aliphatic heterocycles. The van der Waals surface area contributed by atoms with E-state index in [-0.39, 0.29) is 0 Å². The minimum Gasteiger partial charge on any atom is -0.264 e. The molecule has 0 fully saturated rings. The molecular formula is C9H12N2. The van der Waals surface area contributed by atoms with Gasteiger partial charge in [-0.1, -0.05) is 12.5 Å². The first kappa shape index (κ1) is 8.00. The molecule has 0 amide bonds. The zero-order valence-electron chi connectivity index (χ0n) is 6.96. The van der Waals surface area contributed by atoms with Crippen LogP contribution in [-0.4, -0.2) is 5.71 Å². The van der Waals surface area contributed by atoms with Crippen molar-refractivity contribution in [2.75, 3.05) is 0 Å². The van der Waals surface area contributed by atoms with Crippen molar-refractivity contribution in [3.63, 3.8) is 0 Å². The molecule has 0 saturated carbocycles. The van der Waals surface area contributed by atoms with E-state index in [4.69, 9.17) is 5.26 Å². The Morgan fingerprint density at radius 3 is 3.09 bits per heavy atom. The minimum absolute atomic E-state index is 0.458. The summed E-state index contributed by atoms with van der Waals surface area (Å²) in [6.45, 7) is 4.19. The monoisotopic (exact) mass is 148 g/mol. The Morgan fingerprint density at radius 2 is 2.55 bits per heavy atom. The van der Waals surface area contributed by atoms with Crippen molar-refractivity contribution in [2.45, 2.75) is 26.7 Å². The summed E-state index contributed by atoms with van der Waals surface area (Å²) in [6.07, 6.45) is 3.40. The third-order valence-corrected chi connectivity index (χ3v) is 1.91. The van der Waals surface area contributed by atoms with Gasteiger partial charge in [0.2, 0.25) is 0 Å². The van der Waals surface area contributed by atoms with Crippen molar-refractivity contribution < 1.29 is 0 Å². The molecule has 1 rings (SSSR count). The number of aliphatic imine (C=N–C) groups is 1. The molecule has 0 aromatic carbocycles. The summed E-state index contributed by atoms with van der Waals surface area (Å²) in [5.74, 6) is 0.458. The second kappa shape index (κ2) is 3.34. The number of allylic oxidation sites excluding steroid dienone is 1. The lowest BCUT2D eigenvalue weighted by atomic mass is 9.94. The van der Waals surface area contributed by atoms with Crippen molar-refractivity contribution in [3.8, 4) is 6.07 Å². The molecule has 0 saturated heterocycles. The summed E-state index contributed by atoms with van der Waals surface area (Å²) in [5.41, 5.74) is 2.33. The largest absolute Gasteiger partial charge is 0.264 e. The fourth-order valence-corrected chi connectivity index (χ4v) is 1.27. The molecule has 0 spiro atoms. The van der Waals surface area contributed by atoms with Crippen LogP contribution in [0.15, 0.2) is 16.8 Å². The lowest BCUT2D eigenvalue weighted by Gasteiger charge is -2.15. The van der Waals surface area contributed by atoms with Crippen LogP contribution in [0.25, 0.3) is 0 Å². The van der Waals surface area contributed by atoms with E-state index in [0.717, 1.165) is 12.1 Å². The first-order chi connectivity index (χ1) is 5.24. The maximum Gasteiger partial charge on any atom is 0.0738 e. The van der Waals surface area contributed by atoms with Crippen LogP contribution in [0.5, 0.6) is 0 Å². The average molecular weight is 148 g/mol. The molecular weight excluding hydrogens is 136 g/mol. The molecule has 2 nitrogen and oxygen atoms in total. The Morgan fingerprint density at radius 1 is 1.82 bits per heavy atom. The molecule has 58 valence electrons. The summed E-state index contributed by atoms with van der Waals surface area (Å²) >= 11 is 0. The Hall–Kier alpha value is -1.10. The minimum atomic E-state index is 0.458. The van der Waals surface area contributed by atoms with Gasteiger partial charge < -0.3 is 0 Å². The van der Waals surface area contributed by atoms with Gasteiger partial charge in [0.25, 0.3) is 0 Å². The fraction of sp³-hybridized carbons (Fsp3) is 0.556. The highest BCUT2D eigenvalue weighted by molar-refractivity contribution is 5.89. The Balaban J connectivity index is 2.72. The quantitative estimate of drug-likeness (QED) is 0.562. The van der Waals surface area contributed by atoms with Gasteiger partial charge in [-0.25, -0.2) is 0 Å². The van der Waals surface area contributed by atoms with Crippen LogP contribution in [0, 0.1) is 17.2 Å². The van der Waals surface area contributed by atoms with Crippen LogP contribution >= 0.6 is 0 Å². The van der Waals surface area contributed by atoms with Crippen LogP contribution in [-0.2, 0) is 0 Å². The number of hydrogen-bond donors (Lipinski definition) is 0. The second-order valence-electron chi connectivity index (χ2n) is 3.04. The average Bonchev–Trinajstić information content (AvgIpc) is 1.95. The van der Waals surface area contributed by atoms with Crippen molar-refractivity contribution in [3.05, 3.63) is 11.8 Å². The molecule has 1 aliphatic rings. The molecule has 0 aromatic rings. The second-order valence-corrected chi connectivity index (χ2v) is 3.04. The summed E-state index contributed by atoms with van der Waals surface area (Å²) in [5, 5.41) is 8.45. The Kier molecular flexibility index (Phi) is 2.43. The van der Waals surface area contributed by atoms with Gasteiger partial charge in [-0.2, -0.15) is 5.26 Å². The van der Waals surface area contributed by atoms with E-state index in [9.17, 15) is 0 Å². The standard InChI is InChI=1S/C9H12N2/c1-7-5-8(2)9(3-4-10)11-6-7/h6,8H,3,5H2,1-2H3/t8-/m0/s1. The highest BCUT2D eigenvalue weighted by atomic mass is 14.7. The predicted octanol–water partition coefficient (Wildman–Crippen LogP) is 2.28. The van der Waals surface area contributed by atoms with Crippen molar-refractivity contribution in [1.29, 1.82) is 5.26 Å². The van der Waals surface area contributed by atoms with E-state index in [2.05, 4.69) is 24.9 Å². The maximum atomic E-state index is 8.45. The molecule has 0 aliphatic carbocycles. The third-order valence-electron chi connectivity index (χ3n) is 1.91. The zero-order chi connectivity index (χ0) is 8.27. The van der Waals surface area contributed by atoms with Gasteiger partial charge in [-0.3, -0.25) is 4.99 Å². The van der Waals surface area contributed by atoms with E-state index in [1.807, 2.05) is 6.20 Å². The Labute approximate surface area is 67.3 Å². The fourth-order valence-electron chi connectivity index (χ4n) is 1.27. The topological polar surface area (TPSA) is 36.1 Å². The van der Waals surface area contributed by atoms with Gasteiger partial charge in [-0.15, -0.1) is 0 Å². The van der Waals surface area contributed by atoms with Gasteiger partial charge in [-0.05, 0) is 19.3 Å². The van der Waals surface area contributed by atoms with E-state index in [0.29, 0.717) is 12.3 Å². The van der Waals surface area contributed by atoms with Gasteiger partial charge in [0.15, 0.2) is 0 Å². The smallest absolute Gasteiger partial charge is 0.0738 e. The number of rotatable bonds is 1. The maximum absolute atomic E-state index is 8.45. The summed E-state index contributed by atoms with van der Waals surface area (Å²) in [4.78, 5) is 4.21. The van der Waals surface area contributed by atoms with Crippen LogP contribution in [0.4, 0.5) is 0 Å². The highest BCUT2D eigenvalue weighted by Gasteiger charge is 2.13. The molecule has 0 unspecified atom stereocenters. The molecule has 2 heteroatoms. The normalized spacial score (nSPS) is 23.5. The predicted molar refractivity (Wildman–Crippen MR) is 45.2 cm³/mol. The molecule has 1 heterocycles. The molecule has 1 atom stereocenters. The van der Waals surface area contributed by atoms with Crippen molar-refractivity contribution in [2.24, 2.45) is 10.9 Å². The number of nitriles is 1. The molecule has 0 radical (unpaired) electrons. The Bertz CT molecular complexity index is 243. The number of hydrogen-bond acceptors (Lipinski definition) is 2. The highest BCUT2D eigenvalue weighted by Crippen LogP contribution is 2.19. The zero-order valence-corrected chi connectivity index (χ0v) is 6.96. The van der Waals surface area contributed by atoms with E-state index < -0.39 is 0 Å². The van der Waals surface area contributed by atoms with Gasteiger partial charge >= 0.3 is 0 Å². The van der Waals surface area contributed by atoms with Crippen LogP contribution in [0.1, 0.15) is 26.7 Å². The van der Waals surface area contributed by atoms with Crippen LogP contribution < -0.4 is 0 Å². The molecule has 0 N–H and O–H groups in total. The SMILES string of the molecule is CC1=CN=C(CC#N)[C@@H](C)C1. The third kappa shape index (κ3) is 1.91.